The van der Waals surface area contributed by atoms with E-state index in [9.17, 15) is 10.2 Å². The highest BCUT2D eigenvalue weighted by atomic mass is 79.9. The first-order chi connectivity index (χ1) is 8.74. The van der Waals surface area contributed by atoms with Gasteiger partial charge in [0, 0.05) is 44.4 Å². The highest BCUT2D eigenvalue weighted by molar-refractivity contribution is 9.10. The van der Waals surface area contributed by atoms with E-state index in [1.165, 1.54) is 0 Å². The van der Waals surface area contributed by atoms with E-state index in [1.807, 2.05) is 18.2 Å². The number of piperazine rings is 1. The molecule has 6 heteroatoms. The van der Waals surface area contributed by atoms with Gasteiger partial charge in [-0.2, -0.15) is 0 Å². The largest absolute Gasteiger partial charge is 0.506 e. The molecule has 1 heterocycles. The Hall–Kier alpha value is -0.330. The molecule has 1 fully saturated rings. The van der Waals surface area contributed by atoms with Gasteiger partial charge in [0.25, 0.3) is 0 Å². The minimum Gasteiger partial charge on any atom is -0.506 e. The number of halogens is 2. The average molecular weight is 352 g/mol. The Balaban J connectivity index is 0.00000180. The molecule has 0 spiro atoms. The first kappa shape index (κ1) is 16.7. The minimum absolute atomic E-state index is 0. The van der Waals surface area contributed by atoms with E-state index in [2.05, 4.69) is 26.1 Å². The number of phenols is 1. The van der Waals surface area contributed by atoms with Crippen molar-refractivity contribution in [1.29, 1.82) is 0 Å². The van der Waals surface area contributed by atoms with Crippen LogP contribution in [0.1, 0.15) is 18.0 Å². The molecule has 1 aromatic rings. The molecule has 0 aliphatic carbocycles. The third-order valence-corrected chi connectivity index (χ3v) is 4.01. The second kappa shape index (κ2) is 8.07. The maximum atomic E-state index is 10.2. The zero-order chi connectivity index (χ0) is 13.0. The van der Waals surface area contributed by atoms with Crippen molar-refractivity contribution in [2.24, 2.45) is 0 Å². The Morgan fingerprint density at radius 3 is 2.63 bits per heavy atom. The Labute approximate surface area is 128 Å². The number of benzene rings is 1. The van der Waals surface area contributed by atoms with Gasteiger partial charge in [0.15, 0.2) is 0 Å². The van der Waals surface area contributed by atoms with Crippen LogP contribution in [0.3, 0.4) is 0 Å². The normalized spacial score (nSPS) is 17.8. The molecule has 0 radical (unpaired) electrons. The van der Waals surface area contributed by atoms with E-state index in [1.54, 1.807) is 0 Å². The predicted octanol–water partition coefficient (Wildman–Crippen LogP) is 1.91. The minimum atomic E-state index is 0. The van der Waals surface area contributed by atoms with Crippen molar-refractivity contribution in [2.75, 3.05) is 32.8 Å². The highest BCUT2D eigenvalue weighted by Crippen LogP contribution is 2.36. The lowest BCUT2D eigenvalue weighted by atomic mass is 10.0. The van der Waals surface area contributed by atoms with E-state index in [4.69, 9.17) is 0 Å². The first-order valence-electron chi connectivity index (χ1n) is 6.27. The number of phenolic OH excluding ortho intramolecular Hbond substituents is 1. The predicted molar refractivity (Wildman–Crippen MR) is 81.9 cm³/mol. The van der Waals surface area contributed by atoms with E-state index in [-0.39, 0.29) is 30.8 Å². The topological polar surface area (TPSA) is 55.7 Å². The second-order valence-corrected chi connectivity index (χ2v) is 5.35. The van der Waals surface area contributed by atoms with Crippen LogP contribution in [0.2, 0.25) is 0 Å². The number of hydrogen-bond donors (Lipinski definition) is 3. The lowest BCUT2D eigenvalue weighted by Crippen LogP contribution is -2.45. The van der Waals surface area contributed by atoms with Gasteiger partial charge in [-0.1, -0.05) is 12.1 Å². The molecule has 19 heavy (non-hydrogen) atoms. The molecule has 0 bridgehead atoms. The third kappa shape index (κ3) is 4.07. The number of aliphatic hydroxyl groups is 1. The van der Waals surface area contributed by atoms with E-state index in [0.29, 0.717) is 10.9 Å². The summed E-state index contributed by atoms with van der Waals surface area (Å²) in [6, 6.07) is 5.76. The molecule has 1 aromatic carbocycles. The van der Waals surface area contributed by atoms with Crippen LogP contribution in [0.5, 0.6) is 5.75 Å². The van der Waals surface area contributed by atoms with Crippen molar-refractivity contribution in [2.45, 2.75) is 12.5 Å². The summed E-state index contributed by atoms with van der Waals surface area (Å²) in [4.78, 5) is 2.31. The summed E-state index contributed by atoms with van der Waals surface area (Å²) in [5, 5.41) is 22.7. The molecule has 1 saturated heterocycles. The van der Waals surface area contributed by atoms with E-state index in [0.717, 1.165) is 31.7 Å². The van der Waals surface area contributed by atoms with E-state index >= 15 is 0 Å². The summed E-state index contributed by atoms with van der Waals surface area (Å²) in [5.74, 6) is 0.287. The van der Waals surface area contributed by atoms with Crippen molar-refractivity contribution in [3.05, 3.63) is 28.2 Å². The fourth-order valence-electron chi connectivity index (χ4n) is 2.45. The molecule has 0 aromatic heterocycles. The number of para-hydroxylation sites is 1. The summed E-state index contributed by atoms with van der Waals surface area (Å²) >= 11 is 3.35. The Morgan fingerprint density at radius 2 is 2.00 bits per heavy atom. The lowest BCUT2D eigenvalue weighted by Gasteiger charge is -2.35. The van der Waals surface area contributed by atoms with Gasteiger partial charge < -0.3 is 15.5 Å². The second-order valence-electron chi connectivity index (χ2n) is 4.49. The summed E-state index contributed by atoms with van der Waals surface area (Å²) in [6.45, 7) is 3.92. The number of aliphatic hydroxyl groups excluding tert-OH is 1. The molecule has 0 amide bonds. The van der Waals surface area contributed by atoms with Crippen LogP contribution < -0.4 is 5.32 Å². The summed E-state index contributed by atoms with van der Waals surface area (Å²) in [5.41, 5.74) is 0.889. The van der Waals surface area contributed by atoms with Crippen LogP contribution in [-0.4, -0.2) is 47.9 Å². The molecule has 3 N–H and O–H groups in total. The van der Waals surface area contributed by atoms with Crippen molar-refractivity contribution in [3.63, 3.8) is 0 Å². The standard InChI is InChI=1S/C13H19BrN2O2.ClH/c14-11-3-1-2-10(13(11)18)12(4-9-17)16-7-5-15-6-8-16;/h1-3,12,15,17-18H,4-9H2;1H/t12-;/m1./s1. The number of hydrogen-bond acceptors (Lipinski definition) is 4. The SMILES string of the molecule is Cl.OCC[C@H](c1cccc(Br)c1O)N1CCNCC1. The van der Waals surface area contributed by atoms with Gasteiger partial charge in [-0.15, -0.1) is 12.4 Å². The van der Waals surface area contributed by atoms with Crippen LogP contribution in [0, 0.1) is 0 Å². The number of nitrogens with zero attached hydrogens (tertiary/aromatic N) is 1. The number of aromatic hydroxyl groups is 1. The quantitative estimate of drug-likeness (QED) is 0.775. The van der Waals surface area contributed by atoms with Crippen molar-refractivity contribution < 1.29 is 10.2 Å². The Bertz CT molecular complexity index is 400. The van der Waals surface area contributed by atoms with Crippen LogP contribution in [0.4, 0.5) is 0 Å². The van der Waals surface area contributed by atoms with Crippen LogP contribution in [0.15, 0.2) is 22.7 Å². The molecule has 1 atom stereocenters. The van der Waals surface area contributed by atoms with Crippen LogP contribution in [0.25, 0.3) is 0 Å². The van der Waals surface area contributed by atoms with Gasteiger partial charge in [-0.25, -0.2) is 0 Å². The van der Waals surface area contributed by atoms with Crippen molar-refractivity contribution in [1.82, 2.24) is 10.2 Å². The maximum absolute atomic E-state index is 10.2. The average Bonchev–Trinajstić information content (AvgIpc) is 2.41. The Kier molecular flexibility index (Phi) is 7.10. The molecule has 4 nitrogen and oxygen atoms in total. The molecule has 0 saturated carbocycles. The van der Waals surface area contributed by atoms with Crippen molar-refractivity contribution in [3.8, 4) is 5.75 Å². The molecule has 2 rings (SSSR count). The lowest BCUT2D eigenvalue weighted by molar-refractivity contribution is 0.139. The molecule has 0 unspecified atom stereocenters. The summed E-state index contributed by atoms with van der Waals surface area (Å²) in [7, 11) is 0. The zero-order valence-electron chi connectivity index (χ0n) is 10.7. The van der Waals surface area contributed by atoms with Gasteiger partial charge in [-0.3, -0.25) is 4.90 Å². The molecule has 108 valence electrons. The Morgan fingerprint density at radius 1 is 1.32 bits per heavy atom. The molecule has 1 aliphatic heterocycles. The third-order valence-electron chi connectivity index (χ3n) is 3.37. The van der Waals surface area contributed by atoms with Crippen LogP contribution >= 0.6 is 28.3 Å². The zero-order valence-corrected chi connectivity index (χ0v) is 13.1. The summed E-state index contributed by atoms with van der Waals surface area (Å²) < 4.78 is 0.707. The summed E-state index contributed by atoms with van der Waals surface area (Å²) in [6.07, 6.45) is 0.643. The van der Waals surface area contributed by atoms with Gasteiger partial charge in [0.2, 0.25) is 0 Å². The number of rotatable bonds is 4. The monoisotopic (exact) mass is 350 g/mol. The van der Waals surface area contributed by atoms with Crippen LogP contribution in [-0.2, 0) is 0 Å². The fourth-order valence-corrected chi connectivity index (χ4v) is 2.83. The smallest absolute Gasteiger partial charge is 0.134 e. The van der Waals surface area contributed by atoms with Gasteiger partial charge in [0.05, 0.1) is 4.47 Å². The first-order valence-corrected chi connectivity index (χ1v) is 7.06. The maximum Gasteiger partial charge on any atom is 0.134 e. The van der Waals surface area contributed by atoms with Crippen molar-refractivity contribution >= 4 is 28.3 Å². The molecular formula is C13H20BrClN2O2. The molecule has 1 aliphatic rings. The van der Waals surface area contributed by atoms with E-state index < -0.39 is 0 Å². The van der Waals surface area contributed by atoms with Gasteiger partial charge in [0.1, 0.15) is 5.75 Å². The molecular weight excluding hydrogens is 332 g/mol. The van der Waals surface area contributed by atoms with Gasteiger partial charge >= 0.3 is 0 Å². The number of nitrogens with one attached hydrogen (secondary N) is 1. The fraction of sp³-hybridized carbons (Fsp3) is 0.538. The van der Waals surface area contributed by atoms with Gasteiger partial charge in [-0.05, 0) is 28.4 Å². The highest BCUT2D eigenvalue weighted by Gasteiger charge is 2.24.